The molecule has 24 heavy (non-hydrogen) atoms. The highest BCUT2D eigenvalue weighted by atomic mass is 32.2. The summed E-state index contributed by atoms with van der Waals surface area (Å²) in [6, 6.07) is 5.27. The zero-order chi connectivity index (χ0) is 17.3. The molecular formula is C16H21N3O3S2. The van der Waals surface area contributed by atoms with Crippen molar-refractivity contribution in [2.24, 2.45) is 7.05 Å². The second-order valence-corrected chi connectivity index (χ2v) is 9.43. The smallest absolute Gasteiger partial charge is 0.255 e. The number of rotatable bonds is 3. The number of amides is 1. The zero-order valence-electron chi connectivity index (χ0n) is 13.8. The van der Waals surface area contributed by atoms with Crippen LogP contribution >= 0.6 is 11.3 Å². The summed E-state index contributed by atoms with van der Waals surface area (Å²) in [5.74, 6) is -0.0400. The Morgan fingerprint density at radius 2 is 1.92 bits per heavy atom. The Morgan fingerprint density at radius 3 is 2.54 bits per heavy atom. The molecule has 0 N–H and O–H groups in total. The molecule has 0 saturated carbocycles. The van der Waals surface area contributed by atoms with Gasteiger partial charge in [-0.1, -0.05) is 0 Å². The summed E-state index contributed by atoms with van der Waals surface area (Å²) in [6.07, 6.45) is 4.26. The molecule has 0 unspecified atom stereocenters. The maximum Gasteiger partial charge on any atom is 0.255 e. The van der Waals surface area contributed by atoms with Crippen LogP contribution in [-0.4, -0.2) is 54.3 Å². The highest BCUT2D eigenvalue weighted by molar-refractivity contribution is 7.91. The second kappa shape index (κ2) is 6.70. The van der Waals surface area contributed by atoms with Crippen molar-refractivity contribution in [3.63, 3.8) is 0 Å². The Kier molecular flexibility index (Phi) is 4.80. The van der Waals surface area contributed by atoms with Crippen LogP contribution in [0.3, 0.4) is 0 Å². The predicted octanol–water partition coefficient (Wildman–Crippen LogP) is 1.93. The first-order valence-electron chi connectivity index (χ1n) is 7.86. The molecule has 130 valence electrons. The molecule has 0 bridgehead atoms. The van der Waals surface area contributed by atoms with Crippen LogP contribution in [0.5, 0.6) is 0 Å². The van der Waals surface area contributed by atoms with Gasteiger partial charge in [0.25, 0.3) is 15.9 Å². The lowest BCUT2D eigenvalue weighted by Crippen LogP contribution is -2.37. The molecule has 0 radical (unpaired) electrons. The lowest BCUT2D eigenvalue weighted by molar-refractivity contribution is 0.0764. The number of hydrogen-bond donors (Lipinski definition) is 0. The normalized spacial score (nSPS) is 17.0. The predicted molar refractivity (Wildman–Crippen MR) is 93.7 cm³/mol. The number of thiophene rings is 1. The molecule has 0 aromatic carbocycles. The van der Waals surface area contributed by atoms with Crippen molar-refractivity contribution in [1.29, 1.82) is 0 Å². The number of carbonyl (C=O) groups is 1. The van der Waals surface area contributed by atoms with Gasteiger partial charge in [-0.25, -0.2) is 8.42 Å². The number of nitrogens with zero attached hydrogens (tertiary/aromatic N) is 3. The highest BCUT2D eigenvalue weighted by Gasteiger charge is 2.29. The van der Waals surface area contributed by atoms with Crippen molar-refractivity contribution in [3.8, 4) is 0 Å². The summed E-state index contributed by atoms with van der Waals surface area (Å²) in [5, 5.41) is 0. The van der Waals surface area contributed by atoms with E-state index in [0.29, 0.717) is 42.4 Å². The quantitative estimate of drug-likeness (QED) is 0.833. The first-order valence-corrected chi connectivity index (χ1v) is 10.1. The van der Waals surface area contributed by atoms with Gasteiger partial charge in [-0.05, 0) is 31.5 Å². The average Bonchev–Trinajstić information content (AvgIpc) is 3.08. The van der Waals surface area contributed by atoms with Crippen LogP contribution in [0.4, 0.5) is 0 Å². The number of aryl methyl sites for hydroxylation is 2. The highest BCUT2D eigenvalue weighted by Crippen LogP contribution is 2.25. The molecule has 2 aromatic heterocycles. The molecule has 0 atom stereocenters. The largest absolute Gasteiger partial charge is 0.356 e. The summed E-state index contributed by atoms with van der Waals surface area (Å²) in [4.78, 5) is 15.3. The van der Waals surface area contributed by atoms with E-state index in [1.54, 1.807) is 23.2 Å². The molecule has 1 aliphatic rings. The van der Waals surface area contributed by atoms with Crippen molar-refractivity contribution in [2.45, 2.75) is 17.6 Å². The Balaban J connectivity index is 1.72. The standard InChI is InChI=1S/C16H21N3O3S2/c1-13-4-5-15(23-13)24(21,22)19-8-3-7-18(10-11-19)16(20)14-6-9-17(2)12-14/h4-6,9,12H,3,7-8,10-11H2,1-2H3. The van der Waals surface area contributed by atoms with Crippen LogP contribution in [0.1, 0.15) is 21.7 Å². The molecule has 0 aliphatic carbocycles. The summed E-state index contributed by atoms with van der Waals surface area (Å²) >= 11 is 1.29. The lowest BCUT2D eigenvalue weighted by Gasteiger charge is -2.21. The first-order chi connectivity index (χ1) is 11.4. The van der Waals surface area contributed by atoms with Crippen LogP contribution in [0, 0.1) is 6.92 Å². The maximum absolute atomic E-state index is 12.7. The number of hydrogen-bond acceptors (Lipinski definition) is 4. The van der Waals surface area contributed by atoms with E-state index in [4.69, 9.17) is 0 Å². The molecule has 0 spiro atoms. The summed E-state index contributed by atoms with van der Waals surface area (Å²) < 4.78 is 29.2. The van der Waals surface area contributed by atoms with Gasteiger partial charge in [0.05, 0.1) is 5.56 Å². The fourth-order valence-electron chi connectivity index (χ4n) is 2.83. The van der Waals surface area contributed by atoms with Crippen LogP contribution in [0.2, 0.25) is 0 Å². The van der Waals surface area contributed by atoms with Crippen molar-refractivity contribution in [1.82, 2.24) is 13.8 Å². The third-order valence-corrected chi connectivity index (χ3v) is 7.50. The molecule has 1 aliphatic heterocycles. The van der Waals surface area contributed by atoms with E-state index in [1.807, 2.05) is 30.8 Å². The monoisotopic (exact) mass is 367 g/mol. The summed E-state index contributed by atoms with van der Waals surface area (Å²) in [6.45, 7) is 3.66. The molecule has 3 heterocycles. The molecule has 1 saturated heterocycles. The third-order valence-electron chi connectivity index (χ3n) is 4.13. The van der Waals surface area contributed by atoms with Gasteiger partial charge in [-0.15, -0.1) is 11.3 Å². The number of carbonyl (C=O) groups excluding carboxylic acids is 1. The average molecular weight is 367 g/mol. The van der Waals surface area contributed by atoms with Gasteiger partial charge in [-0.2, -0.15) is 4.31 Å². The van der Waals surface area contributed by atoms with Crippen LogP contribution in [0.25, 0.3) is 0 Å². The van der Waals surface area contributed by atoms with E-state index in [1.165, 1.54) is 15.6 Å². The van der Waals surface area contributed by atoms with Gasteiger partial charge < -0.3 is 9.47 Å². The molecule has 3 rings (SSSR count). The zero-order valence-corrected chi connectivity index (χ0v) is 15.4. The Bertz CT molecular complexity index is 838. The SMILES string of the molecule is Cc1ccc(S(=O)(=O)N2CCCN(C(=O)c3ccn(C)c3)CC2)s1. The minimum absolute atomic E-state index is 0.0400. The van der Waals surface area contributed by atoms with Gasteiger partial charge in [0, 0.05) is 50.5 Å². The molecule has 1 amide bonds. The van der Waals surface area contributed by atoms with Gasteiger partial charge in [0.2, 0.25) is 0 Å². The van der Waals surface area contributed by atoms with E-state index in [9.17, 15) is 13.2 Å². The van der Waals surface area contributed by atoms with E-state index in [0.717, 1.165) is 4.88 Å². The fourth-order valence-corrected chi connectivity index (χ4v) is 5.73. The summed E-state index contributed by atoms with van der Waals surface area (Å²) in [5.41, 5.74) is 0.641. The topological polar surface area (TPSA) is 62.6 Å². The fraction of sp³-hybridized carbons (Fsp3) is 0.438. The first kappa shape index (κ1) is 17.2. The molecular weight excluding hydrogens is 346 g/mol. The van der Waals surface area contributed by atoms with E-state index >= 15 is 0 Å². The molecule has 1 fully saturated rings. The number of sulfonamides is 1. The van der Waals surface area contributed by atoms with E-state index < -0.39 is 10.0 Å². The molecule has 6 nitrogen and oxygen atoms in total. The Labute approximate surface area is 146 Å². The van der Waals surface area contributed by atoms with Crippen molar-refractivity contribution in [2.75, 3.05) is 26.2 Å². The van der Waals surface area contributed by atoms with Crippen LogP contribution in [-0.2, 0) is 17.1 Å². The van der Waals surface area contributed by atoms with Crippen molar-refractivity contribution >= 4 is 27.3 Å². The Morgan fingerprint density at radius 1 is 1.12 bits per heavy atom. The summed E-state index contributed by atoms with van der Waals surface area (Å²) in [7, 11) is -1.59. The van der Waals surface area contributed by atoms with Gasteiger partial charge in [-0.3, -0.25) is 4.79 Å². The van der Waals surface area contributed by atoms with Crippen LogP contribution in [0.15, 0.2) is 34.8 Å². The van der Waals surface area contributed by atoms with Crippen molar-refractivity contribution < 1.29 is 13.2 Å². The maximum atomic E-state index is 12.7. The minimum Gasteiger partial charge on any atom is -0.356 e. The van der Waals surface area contributed by atoms with Gasteiger partial charge >= 0.3 is 0 Å². The lowest BCUT2D eigenvalue weighted by atomic mass is 10.3. The van der Waals surface area contributed by atoms with Gasteiger partial charge in [0.15, 0.2) is 0 Å². The number of aromatic nitrogens is 1. The molecule has 2 aromatic rings. The van der Waals surface area contributed by atoms with Crippen LogP contribution < -0.4 is 0 Å². The molecule has 8 heteroatoms. The van der Waals surface area contributed by atoms with Crippen molar-refractivity contribution in [3.05, 3.63) is 41.0 Å². The third kappa shape index (κ3) is 3.40. The Hall–Kier alpha value is -1.64. The van der Waals surface area contributed by atoms with Gasteiger partial charge in [0.1, 0.15) is 4.21 Å². The van der Waals surface area contributed by atoms with E-state index in [2.05, 4.69) is 0 Å². The minimum atomic E-state index is -3.46. The van der Waals surface area contributed by atoms with E-state index in [-0.39, 0.29) is 5.91 Å². The second-order valence-electron chi connectivity index (χ2n) is 5.98.